The Morgan fingerprint density at radius 3 is 2.07 bits per heavy atom. The highest BCUT2D eigenvalue weighted by Gasteiger charge is 2.36. The van der Waals surface area contributed by atoms with Crippen LogP contribution in [-0.4, -0.2) is 7.05 Å². The first-order chi connectivity index (χ1) is 13.1. The van der Waals surface area contributed by atoms with Gasteiger partial charge in [-0.25, -0.2) is 0 Å². The van der Waals surface area contributed by atoms with Crippen LogP contribution in [0.2, 0.25) is 0 Å². The molecule has 1 aliphatic carbocycles. The van der Waals surface area contributed by atoms with Crippen molar-refractivity contribution < 1.29 is 13.2 Å². The number of anilines is 2. The number of halogens is 3. The van der Waals surface area contributed by atoms with Gasteiger partial charge < -0.3 is 4.90 Å². The van der Waals surface area contributed by atoms with Crippen molar-refractivity contribution in [2.45, 2.75) is 32.4 Å². The fourth-order valence-corrected chi connectivity index (χ4v) is 4.09. The van der Waals surface area contributed by atoms with E-state index in [9.17, 15) is 13.2 Å². The molecule has 4 rings (SSSR count). The first-order valence-corrected chi connectivity index (χ1v) is 9.26. The maximum atomic E-state index is 13.1. The molecular formula is C24H22F3N. The van der Waals surface area contributed by atoms with E-state index >= 15 is 0 Å². The summed E-state index contributed by atoms with van der Waals surface area (Å²) in [5.74, 6) is 0. The zero-order valence-electron chi connectivity index (χ0n) is 16.4. The van der Waals surface area contributed by atoms with Gasteiger partial charge in [-0.1, -0.05) is 49.7 Å². The average Bonchev–Trinajstić information content (AvgIpc) is 2.87. The van der Waals surface area contributed by atoms with E-state index in [2.05, 4.69) is 51.1 Å². The number of fused-ring (bicyclic) bond motifs is 3. The van der Waals surface area contributed by atoms with Gasteiger partial charge >= 0.3 is 6.18 Å². The number of hydrogen-bond acceptors (Lipinski definition) is 1. The van der Waals surface area contributed by atoms with E-state index in [1.54, 1.807) is 18.0 Å². The minimum atomic E-state index is -4.35. The Morgan fingerprint density at radius 2 is 1.39 bits per heavy atom. The summed E-state index contributed by atoms with van der Waals surface area (Å²) in [6, 6.07) is 18.1. The Morgan fingerprint density at radius 1 is 0.786 bits per heavy atom. The van der Waals surface area contributed by atoms with Crippen molar-refractivity contribution >= 4 is 11.4 Å². The van der Waals surface area contributed by atoms with Crippen LogP contribution in [0.25, 0.3) is 11.1 Å². The quantitative estimate of drug-likeness (QED) is 0.458. The molecule has 0 fully saturated rings. The van der Waals surface area contributed by atoms with Crippen LogP contribution < -0.4 is 4.90 Å². The second-order valence-electron chi connectivity index (χ2n) is 8.01. The minimum absolute atomic E-state index is 0.151. The van der Waals surface area contributed by atoms with Crippen molar-refractivity contribution in [1.82, 2.24) is 0 Å². The monoisotopic (exact) mass is 381 g/mol. The Labute approximate surface area is 163 Å². The van der Waals surface area contributed by atoms with Gasteiger partial charge in [0.05, 0.1) is 5.56 Å². The fourth-order valence-electron chi connectivity index (χ4n) is 4.09. The lowest BCUT2D eigenvalue weighted by Gasteiger charge is -2.25. The molecule has 1 aliphatic rings. The van der Waals surface area contributed by atoms with Gasteiger partial charge in [0.2, 0.25) is 0 Å². The lowest BCUT2D eigenvalue weighted by Crippen LogP contribution is -2.17. The zero-order valence-corrected chi connectivity index (χ0v) is 16.4. The topological polar surface area (TPSA) is 3.24 Å². The lowest BCUT2D eigenvalue weighted by molar-refractivity contribution is -0.137. The molecular weight excluding hydrogens is 359 g/mol. The molecule has 0 spiro atoms. The highest BCUT2D eigenvalue weighted by molar-refractivity contribution is 5.83. The number of aryl methyl sites for hydroxylation is 1. The number of benzene rings is 3. The predicted molar refractivity (Wildman–Crippen MR) is 108 cm³/mol. The van der Waals surface area contributed by atoms with Crippen LogP contribution in [0.1, 0.15) is 36.1 Å². The number of rotatable bonds is 2. The van der Waals surface area contributed by atoms with Crippen molar-refractivity contribution in [3.63, 3.8) is 0 Å². The Hall–Kier alpha value is -2.75. The maximum absolute atomic E-state index is 13.1. The highest BCUT2D eigenvalue weighted by atomic mass is 19.4. The van der Waals surface area contributed by atoms with Crippen molar-refractivity contribution in [3.8, 4) is 11.1 Å². The molecule has 4 heteroatoms. The summed E-state index contributed by atoms with van der Waals surface area (Å²) >= 11 is 0. The second kappa shape index (κ2) is 6.13. The lowest BCUT2D eigenvalue weighted by atomic mass is 9.82. The molecule has 0 saturated heterocycles. The van der Waals surface area contributed by atoms with Crippen LogP contribution in [0.5, 0.6) is 0 Å². The third kappa shape index (κ3) is 2.88. The molecule has 1 nitrogen and oxygen atoms in total. The van der Waals surface area contributed by atoms with Gasteiger partial charge in [0.15, 0.2) is 0 Å². The van der Waals surface area contributed by atoms with Crippen molar-refractivity contribution in [3.05, 3.63) is 82.9 Å². The second-order valence-corrected chi connectivity index (χ2v) is 8.01. The summed E-state index contributed by atoms with van der Waals surface area (Å²) in [6.07, 6.45) is -4.35. The molecule has 0 aliphatic heterocycles. The van der Waals surface area contributed by atoms with Crippen molar-refractivity contribution in [2.24, 2.45) is 0 Å². The molecule has 0 unspecified atom stereocenters. The van der Waals surface area contributed by atoms with E-state index in [1.807, 2.05) is 6.07 Å². The molecule has 0 aromatic heterocycles. The third-order valence-electron chi connectivity index (χ3n) is 5.76. The van der Waals surface area contributed by atoms with Gasteiger partial charge in [-0.15, -0.1) is 0 Å². The van der Waals surface area contributed by atoms with Crippen molar-refractivity contribution in [2.75, 3.05) is 11.9 Å². The van der Waals surface area contributed by atoms with E-state index in [4.69, 9.17) is 0 Å². The van der Waals surface area contributed by atoms with E-state index in [-0.39, 0.29) is 5.41 Å². The van der Waals surface area contributed by atoms with Gasteiger partial charge in [0, 0.05) is 23.8 Å². The van der Waals surface area contributed by atoms with Gasteiger partial charge in [-0.3, -0.25) is 0 Å². The smallest absolute Gasteiger partial charge is 0.345 e. The largest absolute Gasteiger partial charge is 0.416 e. The molecule has 0 amide bonds. The molecule has 0 heterocycles. The van der Waals surface area contributed by atoms with Gasteiger partial charge in [0.25, 0.3) is 0 Å². The normalized spacial score (nSPS) is 14.5. The van der Waals surface area contributed by atoms with E-state index in [0.29, 0.717) is 5.69 Å². The molecule has 144 valence electrons. The minimum Gasteiger partial charge on any atom is -0.345 e. The molecule has 0 atom stereocenters. The van der Waals surface area contributed by atoms with Crippen LogP contribution in [0.4, 0.5) is 24.5 Å². The van der Waals surface area contributed by atoms with E-state index < -0.39 is 11.7 Å². The summed E-state index contributed by atoms with van der Waals surface area (Å²) in [4.78, 5) is 1.81. The van der Waals surface area contributed by atoms with Crippen LogP contribution in [0.15, 0.2) is 60.7 Å². The Balaban J connectivity index is 1.77. The summed E-state index contributed by atoms with van der Waals surface area (Å²) < 4.78 is 39.2. The van der Waals surface area contributed by atoms with Crippen molar-refractivity contribution in [1.29, 1.82) is 0 Å². The van der Waals surface area contributed by atoms with Crippen LogP contribution in [0.3, 0.4) is 0 Å². The molecule has 0 bridgehead atoms. The van der Waals surface area contributed by atoms with Crippen LogP contribution in [-0.2, 0) is 11.6 Å². The van der Waals surface area contributed by atoms with Crippen LogP contribution in [0, 0.1) is 6.92 Å². The summed E-state index contributed by atoms with van der Waals surface area (Å²) in [5.41, 5.74) is 6.74. The molecule has 28 heavy (non-hydrogen) atoms. The first kappa shape index (κ1) is 18.6. The first-order valence-electron chi connectivity index (χ1n) is 9.26. The summed E-state index contributed by atoms with van der Waals surface area (Å²) in [6.45, 7) is 6.49. The van der Waals surface area contributed by atoms with E-state index in [1.165, 1.54) is 39.9 Å². The molecule has 0 N–H and O–H groups in total. The number of hydrogen-bond donors (Lipinski definition) is 0. The standard InChI is InChI=1S/C24H22F3N/c1-15-8-10-19-20-11-9-18(14-22(20)23(2,3)21(19)12-15)28(4)17-7-5-6-16(13-17)24(25,26)27/h5-14H,1-4H3. The highest BCUT2D eigenvalue weighted by Crippen LogP contribution is 2.50. The Bertz CT molecular complexity index is 1060. The van der Waals surface area contributed by atoms with Gasteiger partial charge in [-0.05, 0) is 59.5 Å². The number of alkyl halides is 3. The average molecular weight is 381 g/mol. The van der Waals surface area contributed by atoms with Crippen LogP contribution >= 0.6 is 0 Å². The van der Waals surface area contributed by atoms with E-state index in [0.717, 1.165) is 11.8 Å². The SMILES string of the molecule is Cc1ccc2c(c1)C(C)(C)c1cc(N(C)c3cccc(C(F)(F)F)c3)ccc1-2. The zero-order chi connectivity index (χ0) is 20.3. The summed E-state index contributed by atoms with van der Waals surface area (Å²) in [5, 5.41) is 0. The third-order valence-corrected chi connectivity index (χ3v) is 5.76. The van der Waals surface area contributed by atoms with Gasteiger partial charge in [-0.2, -0.15) is 13.2 Å². The molecule has 3 aromatic carbocycles. The van der Waals surface area contributed by atoms with Gasteiger partial charge in [0.1, 0.15) is 0 Å². The maximum Gasteiger partial charge on any atom is 0.416 e. The number of nitrogens with zero attached hydrogens (tertiary/aromatic N) is 1. The molecule has 0 saturated carbocycles. The molecule has 0 radical (unpaired) electrons. The summed E-state index contributed by atoms with van der Waals surface area (Å²) in [7, 11) is 1.80. The molecule has 3 aromatic rings. The predicted octanol–water partition coefficient (Wildman–Crippen LogP) is 7.09. The Kier molecular flexibility index (Phi) is 4.07. The fraction of sp³-hybridized carbons (Fsp3) is 0.250.